The van der Waals surface area contributed by atoms with E-state index in [9.17, 15) is 18.0 Å². The summed E-state index contributed by atoms with van der Waals surface area (Å²) in [7, 11) is -1.53. The summed E-state index contributed by atoms with van der Waals surface area (Å²) in [6, 6.07) is 0. The molecule has 1 saturated carbocycles. The minimum absolute atomic E-state index is 0.0652. The molecule has 0 radical (unpaired) electrons. The predicted molar refractivity (Wildman–Crippen MR) is 65.8 cm³/mol. The molecule has 0 aromatic heterocycles. The molecule has 7 heteroatoms. The number of hydrogen-bond acceptors (Lipinski definition) is 4. The summed E-state index contributed by atoms with van der Waals surface area (Å²) in [5, 5.41) is 8.86. The summed E-state index contributed by atoms with van der Waals surface area (Å²) in [6.45, 7) is 0.159. The third kappa shape index (κ3) is 4.29. The van der Waals surface area contributed by atoms with Gasteiger partial charge in [0.2, 0.25) is 5.91 Å². The Balaban J connectivity index is 2.48. The van der Waals surface area contributed by atoms with E-state index in [4.69, 9.17) is 5.11 Å². The van der Waals surface area contributed by atoms with Gasteiger partial charge in [0.05, 0.1) is 11.7 Å². The third-order valence-corrected chi connectivity index (χ3v) is 4.23. The molecule has 2 atom stereocenters. The first-order valence-corrected chi connectivity index (χ1v) is 7.92. The zero-order valence-electron chi connectivity index (χ0n) is 10.6. The molecular formula is C11H19NO5S. The molecule has 6 nitrogen and oxygen atoms in total. The lowest BCUT2D eigenvalue weighted by molar-refractivity contribution is -0.141. The largest absolute Gasteiger partial charge is 0.481 e. The number of aliphatic carboxylic acids is 1. The van der Waals surface area contributed by atoms with Crippen molar-refractivity contribution in [2.75, 3.05) is 25.6 Å². The lowest BCUT2D eigenvalue weighted by atomic mass is 10.0. The molecule has 1 amide bonds. The van der Waals surface area contributed by atoms with Crippen molar-refractivity contribution < 1.29 is 23.1 Å². The zero-order chi connectivity index (χ0) is 13.9. The van der Waals surface area contributed by atoms with Crippen molar-refractivity contribution in [3.8, 4) is 0 Å². The topological polar surface area (TPSA) is 91.8 Å². The normalized spacial score (nSPS) is 23.9. The number of carboxylic acids is 1. The molecule has 1 fully saturated rings. The SMILES string of the molecule is CN(CCS(C)(=O)=O)C(=O)[C@@H]1CC[C@H](C(=O)O)C1. The van der Waals surface area contributed by atoms with Crippen molar-refractivity contribution in [2.24, 2.45) is 11.8 Å². The van der Waals surface area contributed by atoms with Gasteiger partial charge in [0.25, 0.3) is 0 Å². The third-order valence-electron chi connectivity index (χ3n) is 3.30. The van der Waals surface area contributed by atoms with Gasteiger partial charge < -0.3 is 10.0 Å². The van der Waals surface area contributed by atoms with E-state index >= 15 is 0 Å². The maximum absolute atomic E-state index is 12.0. The summed E-state index contributed by atoms with van der Waals surface area (Å²) in [4.78, 5) is 24.1. The van der Waals surface area contributed by atoms with Gasteiger partial charge in [-0.25, -0.2) is 8.42 Å². The number of carboxylic acid groups (broad SMARTS) is 1. The fraction of sp³-hybridized carbons (Fsp3) is 0.818. The monoisotopic (exact) mass is 277 g/mol. The maximum Gasteiger partial charge on any atom is 0.306 e. The first kappa shape index (κ1) is 14.9. The molecule has 0 bridgehead atoms. The van der Waals surface area contributed by atoms with Gasteiger partial charge in [-0.1, -0.05) is 0 Å². The Kier molecular flexibility index (Phi) is 4.72. The molecule has 0 aliphatic heterocycles. The van der Waals surface area contributed by atoms with Gasteiger partial charge in [0, 0.05) is 25.8 Å². The van der Waals surface area contributed by atoms with Crippen LogP contribution in [0.5, 0.6) is 0 Å². The average molecular weight is 277 g/mol. The van der Waals surface area contributed by atoms with Crippen LogP contribution in [0.15, 0.2) is 0 Å². The number of sulfone groups is 1. The Labute approximate surface area is 107 Å². The van der Waals surface area contributed by atoms with Gasteiger partial charge in [0.1, 0.15) is 9.84 Å². The van der Waals surface area contributed by atoms with E-state index in [0.29, 0.717) is 19.3 Å². The number of hydrogen-bond donors (Lipinski definition) is 1. The lowest BCUT2D eigenvalue weighted by Gasteiger charge is -2.20. The van der Waals surface area contributed by atoms with Gasteiger partial charge in [0.15, 0.2) is 0 Å². The molecule has 1 N–H and O–H groups in total. The van der Waals surface area contributed by atoms with E-state index in [1.54, 1.807) is 7.05 Å². The highest BCUT2D eigenvalue weighted by atomic mass is 32.2. The highest BCUT2D eigenvalue weighted by Gasteiger charge is 2.35. The molecule has 0 saturated heterocycles. The van der Waals surface area contributed by atoms with Crippen LogP contribution in [0, 0.1) is 11.8 Å². The minimum Gasteiger partial charge on any atom is -0.481 e. The quantitative estimate of drug-likeness (QED) is 0.763. The Hall–Kier alpha value is -1.11. The highest BCUT2D eigenvalue weighted by molar-refractivity contribution is 7.90. The molecule has 0 spiro atoms. The van der Waals surface area contributed by atoms with Crippen molar-refractivity contribution in [3.63, 3.8) is 0 Å². The van der Waals surface area contributed by atoms with Crippen LogP contribution in [-0.2, 0) is 19.4 Å². The minimum atomic E-state index is -3.09. The number of amides is 1. The maximum atomic E-state index is 12.0. The van der Waals surface area contributed by atoms with E-state index in [-0.39, 0.29) is 24.1 Å². The van der Waals surface area contributed by atoms with Gasteiger partial charge in [-0.05, 0) is 19.3 Å². The Morgan fingerprint density at radius 2 is 1.83 bits per heavy atom. The van der Waals surface area contributed by atoms with Crippen LogP contribution in [0.4, 0.5) is 0 Å². The van der Waals surface area contributed by atoms with E-state index in [2.05, 4.69) is 0 Å². The molecule has 0 aromatic carbocycles. The van der Waals surface area contributed by atoms with E-state index in [0.717, 1.165) is 6.26 Å². The van der Waals surface area contributed by atoms with Crippen LogP contribution in [0.25, 0.3) is 0 Å². The Morgan fingerprint density at radius 1 is 1.28 bits per heavy atom. The van der Waals surface area contributed by atoms with Crippen LogP contribution in [-0.4, -0.2) is 55.9 Å². The molecular weight excluding hydrogens is 258 g/mol. The molecule has 18 heavy (non-hydrogen) atoms. The smallest absolute Gasteiger partial charge is 0.306 e. The summed E-state index contributed by atoms with van der Waals surface area (Å²) in [5.41, 5.74) is 0. The van der Waals surface area contributed by atoms with Gasteiger partial charge in [-0.2, -0.15) is 0 Å². The predicted octanol–water partition coefficient (Wildman–Crippen LogP) is -0.00970. The van der Waals surface area contributed by atoms with Crippen molar-refractivity contribution >= 4 is 21.7 Å². The molecule has 1 aliphatic rings. The number of carbonyl (C=O) groups is 2. The van der Waals surface area contributed by atoms with Crippen LogP contribution in [0.3, 0.4) is 0 Å². The van der Waals surface area contributed by atoms with E-state index < -0.39 is 21.7 Å². The summed E-state index contributed by atoms with van der Waals surface area (Å²) >= 11 is 0. The second-order valence-electron chi connectivity index (χ2n) is 4.93. The molecule has 0 unspecified atom stereocenters. The van der Waals surface area contributed by atoms with E-state index in [1.807, 2.05) is 0 Å². The first-order valence-electron chi connectivity index (χ1n) is 5.86. The standard InChI is InChI=1S/C11H19NO5S/c1-12(5-6-18(2,16)17)10(13)8-3-4-9(7-8)11(14)15/h8-9H,3-7H2,1-2H3,(H,14,15)/t8-,9+/m1/s1. The van der Waals surface area contributed by atoms with Crippen molar-refractivity contribution in [1.82, 2.24) is 4.90 Å². The van der Waals surface area contributed by atoms with Gasteiger partial charge in [-0.3, -0.25) is 9.59 Å². The number of rotatable bonds is 5. The fourth-order valence-electron chi connectivity index (χ4n) is 2.15. The van der Waals surface area contributed by atoms with Crippen molar-refractivity contribution in [3.05, 3.63) is 0 Å². The average Bonchev–Trinajstić information content (AvgIpc) is 2.73. The summed E-state index contributed by atoms with van der Waals surface area (Å²) in [6.07, 6.45) is 2.57. The van der Waals surface area contributed by atoms with E-state index in [1.165, 1.54) is 4.90 Å². The first-order chi connectivity index (χ1) is 8.20. The van der Waals surface area contributed by atoms with Crippen LogP contribution >= 0.6 is 0 Å². The number of nitrogens with zero attached hydrogens (tertiary/aromatic N) is 1. The molecule has 1 aliphatic carbocycles. The summed E-state index contributed by atoms with van der Waals surface area (Å²) < 4.78 is 22.0. The van der Waals surface area contributed by atoms with Crippen LogP contribution in [0.2, 0.25) is 0 Å². The second kappa shape index (κ2) is 5.69. The lowest BCUT2D eigenvalue weighted by Crippen LogP contribution is -2.35. The number of carbonyl (C=O) groups excluding carboxylic acids is 1. The Bertz CT molecular complexity index is 431. The molecule has 104 valence electrons. The zero-order valence-corrected chi connectivity index (χ0v) is 11.4. The van der Waals surface area contributed by atoms with Gasteiger partial charge >= 0.3 is 5.97 Å². The molecule has 0 aromatic rings. The fourth-order valence-corrected chi connectivity index (χ4v) is 2.76. The van der Waals surface area contributed by atoms with Crippen LogP contribution < -0.4 is 0 Å². The summed E-state index contributed by atoms with van der Waals surface area (Å²) in [5.74, 6) is -1.80. The van der Waals surface area contributed by atoms with Crippen molar-refractivity contribution in [1.29, 1.82) is 0 Å². The highest BCUT2D eigenvalue weighted by Crippen LogP contribution is 2.32. The Morgan fingerprint density at radius 3 is 2.28 bits per heavy atom. The van der Waals surface area contributed by atoms with Gasteiger partial charge in [-0.15, -0.1) is 0 Å². The molecule has 1 rings (SSSR count). The second-order valence-corrected chi connectivity index (χ2v) is 7.19. The van der Waals surface area contributed by atoms with Crippen molar-refractivity contribution in [2.45, 2.75) is 19.3 Å². The molecule has 0 heterocycles. The van der Waals surface area contributed by atoms with Crippen LogP contribution in [0.1, 0.15) is 19.3 Å².